The lowest BCUT2D eigenvalue weighted by molar-refractivity contribution is 0.161. The molecular formula is C31H33FN6O2. The maximum absolute atomic E-state index is 13.5. The number of aromatic nitrogens is 5. The lowest BCUT2D eigenvalue weighted by Crippen LogP contribution is -2.32. The number of halogens is 1. The molecule has 0 saturated heterocycles. The quantitative estimate of drug-likeness (QED) is 0.252. The molecule has 0 spiro atoms. The van der Waals surface area contributed by atoms with Gasteiger partial charge in [0.2, 0.25) is 0 Å². The van der Waals surface area contributed by atoms with Crippen molar-refractivity contribution in [2.24, 2.45) is 0 Å². The standard InChI is InChI=1S/C31H33FN6O2/c1-5-29(30-34-35-36-38(30)18-23-6-10-25(32)11-7-23)37(17-22-8-12-26(40-4)13-9-22)19-24-16-27-21(3)14-20(2)15-28(27)33-31(24)39/h6-16,29H,5,17-19H2,1-4H3,(H,33,39). The highest BCUT2D eigenvalue weighted by molar-refractivity contribution is 5.83. The van der Waals surface area contributed by atoms with Crippen LogP contribution in [0.4, 0.5) is 4.39 Å². The summed E-state index contributed by atoms with van der Waals surface area (Å²) in [6.07, 6.45) is 0.712. The summed E-state index contributed by atoms with van der Waals surface area (Å²) in [6, 6.07) is 20.2. The van der Waals surface area contributed by atoms with Crippen LogP contribution in [0.15, 0.2) is 71.5 Å². The lowest BCUT2D eigenvalue weighted by Gasteiger charge is -2.30. The molecule has 40 heavy (non-hydrogen) atoms. The largest absolute Gasteiger partial charge is 0.497 e. The summed E-state index contributed by atoms with van der Waals surface area (Å²) in [4.78, 5) is 18.6. The van der Waals surface area contributed by atoms with Gasteiger partial charge in [-0.1, -0.05) is 37.3 Å². The molecule has 0 fully saturated rings. The summed E-state index contributed by atoms with van der Waals surface area (Å²) in [7, 11) is 1.64. The van der Waals surface area contributed by atoms with Crippen molar-refractivity contribution in [3.63, 3.8) is 0 Å². The zero-order chi connectivity index (χ0) is 28.2. The van der Waals surface area contributed by atoms with Crippen molar-refractivity contribution in [1.29, 1.82) is 0 Å². The maximum Gasteiger partial charge on any atom is 0.252 e. The normalized spacial score (nSPS) is 12.2. The Bertz CT molecular complexity index is 1660. The number of pyridine rings is 1. The minimum Gasteiger partial charge on any atom is -0.497 e. The second kappa shape index (κ2) is 11.8. The molecule has 1 unspecified atom stereocenters. The molecule has 0 saturated carbocycles. The molecule has 0 aliphatic rings. The van der Waals surface area contributed by atoms with Gasteiger partial charge in [0.1, 0.15) is 11.6 Å². The summed E-state index contributed by atoms with van der Waals surface area (Å²) in [6.45, 7) is 7.54. The topological polar surface area (TPSA) is 88.9 Å². The Morgan fingerprint density at radius 3 is 2.42 bits per heavy atom. The summed E-state index contributed by atoms with van der Waals surface area (Å²) >= 11 is 0. The van der Waals surface area contributed by atoms with Gasteiger partial charge >= 0.3 is 0 Å². The van der Waals surface area contributed by atoms with Gasteiger partial charge in [-0.15, -0.1) is 5.10 Å². The molecule has 206 valence electrons. The summed E-state index contributed by atoms with van der Waals surface area (Å²) in [5.41, 5.74) is 5.58. The fourth-order valence-electron chi connectivity index (χ4n) is 5.22. The van der Waals surface area contributed by atoms with Crippen LogP contribution >= 0.6 is 0 Å². The minimum atomic E-state index is -0.288. The Morgan fingerprint density at radius 1 is 1.00 bits per heavy atom. The molecule has 0 amide bonds. The zero-order valence-corrected chi connectivity index (χ0v) is 23.2. The molecule has 5 aromatic rings. The van der Waals surface area contributed by atoms with E-state index in [0.29, 0.717) is 37.4 Å². The average molecular weight is 541 g/mol. The third-order valence-electron chi connectivity index (χ3n) is 7.24. The van der Waals surface area contributed by atoms with Crippen molar-refractivity contribution < 1.29 is 9.13 Å². The van der Waals surface area contributed by atoms with Crippen molar-refractivity contribution in [3.8, 4) is 5.75 Å². The number of nitrogens with one attached hydrogen (secondary N) is 1. The molecule has 0 bridgehead atoms. The second-order valence-corrected chi connectivity index (χ2v) is 10.2. The van der Waals surface area contributed by atoms with E-state index in [-0.39, 0.29) is 17.4 Å². The van der Waals surface area contributed by atoms with E-state index >= 15 is 0 Å². The molecule has 5 rings (SSSR count). The first-order valence-electron chi connectivity index (χ1n) is 13.3. The van der Waals surface area contributed by atoms with Gasteiger partial charge in [0, 0.05) is 29.6 Å². The number of rotatable bonds is 10. The van der Waals surface area contributed by atoms with Crippen LogP contribution in [-0.4, -0.2) is 37.2 Å². The molecule has 1 N–H and O–H groups in total. The number of fused-ring (bicyclic) bond motifs is 1. The smallest absolute Gasteiger partial charge is 0.252 e. The molecule has 2 aromatic heterocycles. The monoisotopic (exact) mass is 540 g/mol. The van der Waals surface area contributed by atoms with Gasteiger partial charge in [0.15, 0.2) is 5.82 Å². The predicted octanol–water partition coefficient (Wildman–Crippen LogP) is 5.48. The van der Waals surface area contributed by atoms with Crippen LogP contribution in [0.25, 0.3) is 10.9 Å². The molecular weight excluding hydrogens is 507 g/mol. The molecule has 3 aromatic carbocycles. The van der Waals surface area contributed by atoms with E-state index in [4.69, 9.17) is 4.74 Å². The maximum atomic E-state index is 13.5. The van der Waals surface area contributed by atoms with E-state index in [1.165, 1.54) is 12.1 Å². The number of aryl methyl sites for hydroxylation is 2. The summed E-state index contributed by atoms with van der Waals surface area (Å²) in [5, 5.41) is 13.7. The Balaban J connectivity index is 1.53. The van der Waals surface area contributed by atoms with Crippen molar-refractivity contribution in [2.75, 3.05) is 7.11 Å². The van der Waals surface area contributed by atoms with Crippen LogP contribution in [0.3, 0.4) is 0 Å². The second-order valence-electron chi connectivity index (χ2n) is 10.2. The first kappa shape index (κ1) is 27.2. The van der Waals surface area contributed by atoms with Crippen LogP contribution in [0.1, 0.15) is 53.0 Å². The van der Waals surface area contributed by atoms with E-state index in [0.717, 1.165) is 38.9 Å². The van der Waals surface area contributed by atoms with E-state index in [9.17, 15) is 9.18 Å². The van der Waals surface area contributed by atoms with Gasteiger partial charge in [-0.05, 0) is 89.3 Å². The number of nitrogens with zero attached hydrogens (tertiary/aromatic N) is 5. The number of hydrogen-bond donors (Lipinski definition) is 1. The number of benzene rings is 3. The molecule has 9 heteroatoms. The Hall–Kier alpha value is -4.37. The third-order valence-corrected chi connectivity index (χ3v) is 7.24. The van der Waals surface area contributed by atoms with Gasteiger partial charge in [-0.3, -0.25) is 9.69 Å². The van der Waals surface area contributed by atoms with Gasteiger partial charge in [0.05, 0.1) is 19.7 Å². The fraction of sp³-hybridized carbons (Fsp3) is 0.290. The van der Waals surface area contributed by atoms with Crippen molar-refractivity contribution in [2.45, 2.75) is 52.9 Å². The van der Waals surface area contributed by atoms with Crippen LogP contribution in [0.5, 0.6) is 5.75 Å². The summed E-state index contributed by atoms with van der Waals surface area (Å²) < 4.78 is 20.6. The van der Waals surface area contributed by atoms with Gasteiger partial charge in [-0.25, -0.2) is 9.07 Å². The van der Waals surface area contributed by atoms with E-state index in [2.05, 4.69) is 45.3 Å². The van der Waals surface area contributed by atoms with E-state index in [1.807, 2.05) is 43.3 Å². The molecule has 0 aliphatic carbocycles. The molecule has 8 nitrogen and oxygen atoms in total. The average Bonchev–Trinajstić information content (AvgIpc) is 3.39. The highest BCUT2D eigenvalue weighted by Gasteiger charge is 2.26. The number of hydrogen-bond acceptors (Lipinski definition) is 6. The van der Waals surface area contributed by atoms with Crippen LogP contribution in [0.2, 0.25) is 0 Å². The van der Waals surface area contributed by atoms with Crippen LogP contribution < -0.4 is 10.3 Å². The third kappa shape index (κ3) is 5.94. The molecule has 1 atom stereocenters. The van der Waals surface area contributed by atoms with E-state index < -0.39 is 0 Å². The highest BCUT2D eigenvalue weighted by Crippen LogP contribution is 2.28. The fourth-order valence-corrected chi connectivity index (χ4v) is 5.22. The number of H-pyrrole nitrogens is 1. The Morgan fingerprint density at radius 2 is 1.73 bits per heavy atom. The molecule has 0 radical (unpaired) electrons. The molecule has 0 aliphatic heterocycles. The molecule has 2 heterocycles. The number of methoxy groups -OCH3 is 1. The minimum absolute atomic E-state index is 0.113. The summed E-state index contributed by atoms with van der Waals surface area (Å²) in [5.74, 6) is 1.18. The lowest BCUT2D eigenvalue weighted by atomic mass is 10.0. The first-order valence-corrected chi connectivity index (χ1v) is 13.3. The highest BCUT2D eigenvalue weighted by atomic mass is 19.1. The van der Waals surface area contributed by atoms with Crippen LogP contribution in [0, 0.1) is 19.7 Å². The van der Waals surface area contributed by atoms with E-state index in [1.54, 1.807) is 23.9 Å². The van der Waals surface area contributed by atoms with Crippen LogP contribution in [-0.2, 0) is 19.6 Å². The van der Waals surface area contributed by atoms with Gasteiger partial charge < -0.3 is 9.72 Å². The van der Waals surface area contributed by atoms with Crippen molar-refractivity contribution in [3.05, 3.63) is 117 Å². The number of ether oxygens (including phenoxy) is 1. The number of tetrazole rings is 1. The Labute approximate surface area is 232 Å². The van der Waals surface area contributed by atoms with Crippen molar-refractivity contribution in [1.82, 2.24) is 30.1 Å². The van der Waals surface area contributed by atoms with Gasteiger partial charge in [-0.2, -0.15) is 0 Å². The first-order chi connectivity index (χ1) is 19.3. The SMILES string of the molecule is CCC(c1nnnn1Cc1ccc(F)cc1)N(Cc1ccc(OC)cc1)Cc1cc2c(C)cc(C)cc2[nH]c1=O. The Kier molecular flexibility index (Phi) is 8.02. The van der Waals surface area contributed by atoms with Gasteiger partial charge in [0.25, 0.3) is 5.56 Å². The van der Waals surface area contributed by atoms with Crippen molar-refractivity contribution >= 4 is 10.9 Å². The zero-order valence-electron chi connectivity index (χ0n) is 23.2. The number of aromatic amines is 1. The predicted molar refractivity (Wildman–Crippen MR) is 153 cm³/mol.